The van der Waals surface area contributed by atoms with Crippen molar-refractivity contribution in [3.63, 3.8) is 0 Å². The highest BCUT2D eigenvalue weighted by Crippen LogP contribution is 2.14. The molecule has 0 radical (unpaired) electrons. The summed E-state index contributed by atoms with van der Waals surface area (Å²) in [5.41, 5.74) is 7.05. The van der Waals surface area contributed by atoms with Gasteiger partial charge in [0, 0.05) is 17.0 Å². The van der Waals surface area contributed by atoms with Crippen molar-refractivity contribution in [2.24, 2.45) is 5.73 Å². The molecule has 2 nitrogen and oxygen atoms in total. The third-order valence-corrected chi connectivity index (χ3v) is 2.08. The van der Waals surface area contributed by atoms with Crippen LogP contribution in [0.4, 0.5) is 0 Å². The van der Waals surface area contributed by atoms with Crippen molar-refractivity contribution >= 4 is 12.8 Å². The molecule has 1 aromatic carbocycles. The smallest absolute Gasteiger partial charge is 0.135 e. The average Bonchev–Trinajstić information content (AvgIpc) is 2.61. The van der Waals surface area contributed by atoms with Crippen LogP contribution in [0.25, 0.3) is 24.1 Å². The minimum absolute atomic E-state index is 0.603. The van der Waals surface area contributed by atoms with Gasteiger partial charge in [0.2, 0.25) is 0 Å². The van der Waals surface area contributed by atoms with Gasteiger partial charge in [-0.2, -0.15) is 0 Å². The number of nitrogens with two attached hydrogens (primary N) is 1. The van der Waals surface area contributed by atoms with Crippen molar-refractivity contribution in [2.45, 2.75) is 0 Å². The molecule has 0 amide bonds. The molecule has 1 heterocycles. The lowest BCUT2D eigenvalue weighted by Gasteiger charge is -1.92. The fraction of sp³-hybridized carbons (Fsp3) is 0. The lowest BCUT2D eigenvalue weighted by atomic mass is 10.2. The van der Waals surface area contributed by atoms with Crippen molar-refractivity contribution in [3.8, 4) is 11.3 Å². The SMILES string of the molecule is C=c1oc(-c2ccccc2)c/c1=C\N. The summed E-state index contributed by atoms with van der Waals surface area (Å²) in [6.45, 7) is 3.76. The highest BCUT2D eigenvalue weighted by atomic mass is 16.3. The molecular weight excluding hydrogens is 174 g/mol. The monoisotopic (exact) mass is 185 g/mol. The van der Waals surface area contributed by atoms with Crippen LogP contribution in [0.15, 0.2) is 40.8 Å². The van der Waals surface area contributed by atoms with Crippen LogP contribution in [0.2, 0.25) is 0 Å². The highest BCUT2D eigenvalue weighted by Gasteiger charge is 2.00. The van der Waals surface area contributed by atoms with E-state index in [9.17, 15) is 0 Å². The van der Waals surface area contributed by atoms with Gasteiger partial charge in [-0.05, 0) is 6.07 Å². The summed E-state index contributed by atoms with van der Waals surface area (Å²) in [6, 6.07) is 11.8. The van der Waals surface area contributed by atoms with Gasteiger partial charge in [-0.3, -0.25) is 0 Å². The molecule has 0 saturated heterocycles. The lowest BCUT2D eigenvalue weighted by molar-refractivity contribution is 0.547. The van der Waals surface area contributed by atoms with Crippen LogP contribution in [0.5, 0.6) is 0 Å². The zero-order valence-electron chi connectivity index (χ0n) is 7.73. The van der Waals surface area contributed by atoms with E-state index in [-0.39, 0.29) is 0 Å². The van der Waals surface area contributed by atoms with E-state index in [1.54, 1.807) is 0 Å². The van der Waals surface area contributed by atoms with Crippen molar-refractivity contribution in [2.75, 3.05) is 0 Å². The molecule has 0 aliphatic heterocycles. The van der Waals surface area contributed by atoms with Crippen molar-refractivity contribution < 1.29 is 4.42 Å². The van der Waals surface area contributed by atoms with Gasteiger partial charge in [0.25, 0.3) is 0 Å². The molecule has 70 valence electrons. The number of hydrogen-bond acceptors (Lipinski definition) is 2. The number of benzene rings is 1. The Morgan fingerprint density at radius 2 is 1.93 bits per heavy atom. The Bertz CT molecular complexity index is 525. The predicted molar refractivity (Wildman–Crippen MR) is 57.6 cm³/mol. The number of furan rings is 1. The van der Waals surface area contributed by atoms with Gasteiger partial charge < -0.3 is 10.2 Å². The first-order valence-electron chi connectivity index (χ1n) is 4.37. The summed E-state index contributed by atoms with van der Waals surface area (Å²) < 4.78 is 5.47. The summed E-state index contributed by atoms with van der Waals surface area (Å²) in [4.78, 5) is 0. The molecule has 0 saturated carbocycles. The second kappa shape index (κ2) is 3.42. The highest BCUT2D eigenvalue weighted by molar-refractivity contribution is 5.57. The van der Waals surface area contributed by atoms with E-state index in [2.05, 4.69) is 6.58 Å². The summed E-state index contributed by atoms with van der Waals surface area (Å²) in [5, 5.41) is 0.837. The van der Waals surface area contributed by atoms with Crippen LogP contribution in [0.1, 0.15) is 0 Å². The van der Waals surface area contributed by atoms with Gasteiger partial charge in [-0.1, -0.05) is 36.9 Å². The van der Waals surface area contributed by atoms with Crippen LogP contribution >= 0.6 is 0 Å². The molecule has 2 N–H and O–H groups in total. The van der Waals surface area contributed by atoms with Crippen LogP contribution in [0, 0.1) is 0 Å². The third-order valence-electron chi connectivity index (χ3n) is 2.08. The fourth-order valence-electron chi connectivity index (χ4n) is 1.33. The summed E-state index contributed by atoms with van der Waals surface area (Å²) in [7, 11) is 0. The second-order valence-corrected chi connectivity index (χ2v) is 3.02. The summed E-state index contributed by atoms with van der Waals surface area (Å²) in [5.74, 6) is 0.798. The second-order valence-electron chi connectivity index (χ2n) is 3.02. The lowest BCUT2D eigenvalue weighted by Crippen LogP contribution is -2.18. The molecule has 14 heavy (non-hydrogen) atoms. The van der Waals surface area contributed by atoms with Crippen molar-refractivity contribution in [1.82, 2.24) is 0 Å². The summed E-state index contributed by atoms with van der Waals surface area (Å²) in [6.07, 6.45) is 1.50. The molecule has 0 aliphatic rings. The minimum atomic E-state index is 0.603. The zero-order chi connectivity index (χ0) is 9.97. The molecule has 0 aliphatic carbocycles. The molecule has 0 spiro atoms. The van der Waals surface area contributed by atoms with Crippen molar-refractivity contribution in [1.29, 1.82) is 0 Å². The van der Waals surface area contributed by atoms with Crippen molar-refractivity contribution in [3.05, 3.63) is 47.0 Å². The third kappa shape index (κ3) is 1.42. The van der Waals surface area contributed by atoms with Gasteiger partial charge in [0.05, 0.1) is 0 Å². The first-order chi connectivity index (χ1) is 6.81. The number of rotatable bonds is 1. The molecular formula is C12H11NO. The Hall–Kier alpha value is -1.96. The molecule has 2 aromatic rings. The maximum atomic E-state index is 5.47. The van der Waals surface area contributed by atoms with Gasteiger partial charge in [0.15, 0.2) is 0 Å². The predicted octanol–water partition coefficient (Wildman–Crippen LogP) is 1.05. The van der Waals surface area contributed by atoms with E-state index in [1.165, 1.54) is 6.20 Å². The molecule has 0 unspecified atom stereocenters. The molecule has 0 fully saturated rings. The van der Waals surface area contributed by atoms with Crippen LogP contribution in [-0.2, 0) is 0 Å². The normalized spacial score (nSPS) is 11.9. The Balaban J connectivity index is 2.60. The maximum absolute atomic E-state index is 5.47. The van der Waals surface area contributed by atoms with Gasteiger partial charge in [-0.15, -0.1) is 0 Å². The standard InChI is InChI=1S/C12H11NO/c1-9-11(8-13)7-12(14-9)10-5-3-2-4-6-10/h2-8H,1,13H2/b11-8+. The topological polar surface area (TPSA) is 39.2 Å². The molecule has 2 heteroatoms. The molecule has 1 aromatic heterocycles. The Morgan fingerprint density at radius 1 is 1.21 bits per heavy atom. The van der Waals surface area contributed by atoms with Gasteiger partial charge in [-0.25, -0.2) is 0 Å². The first kappa shape index (κ1) is 8.63. The fourth-order valence-corrected chi connectivity index (χ4v) is 1.33. The van der Waals surface area contributed by atoms with E-state index in [0.717, 1.165) is 16.5 Å². The van der Waals surface area contributed by atoms with Crippen LogP contribution < -0.4 is 16.4 Å². The summed E-state index contributed by atoms with van der Waals surface area (Å²) >= 11 is 0. The molecule has 2 rings (SSSR count). The quantitative estimate of drug-likeness (QED) is 0.721. The Kier molecular flexibility index (Phi) is 2.11. The van der Waals surface area contributed by atoms with Crippen LogP contribution in [-0.4, -0.2) is 0 Å². The first-order valence-corrected chi connectivity index (χ1v) is 4.37. The van der Waals surface area contributed by atoms with E-state index < -0.39 is 0 Å². The minimum Gasteiger partial charge on any atom is -0.457 e. The Labute approximate surface area is 82.0 Å². The van der Waals surface area contributed by atoms with Gasteiger partial charge in [0.1, 0.15) is 11.2 Å². The number of hydrogen-bond donors (Lipinski definition) is 1. The average molecular weight is 185 g/mol. The largest absolute Gasteiger partial charge is 0.457 e. The van der Waals surface area contributed by atoms with Gasteiger partial charge >= 0.3 is 0 Å². The van der Waals surface area contributed by atoms with Crippen LogP contribution in [0.3, 0.4) is 0 Å². The molecule has 0 atom stereocenters. The zero-order valence-corrected chi connectivity index (χ0v) is 7.73. The van der Waals surface area contributed by atoms with E-state index in [1.807, 2.05) is 36.4 Å². The maximum Gasteiger partial charge on any atom is 0.135 e. The Morgan fingerprint density at radius 3 is 2.50 bits per heavy atom. The van der Waals surface area contributed by atoms with E-state index in [0.29, 0.717) is 5.42 Å². The van der Waals surface area contributed by atoms with E-state index in [4.69, 9.17) is 10.2 Å². The van der Waals surface area contributed by atoms with E-state index >= 15 is 0 Å². The molecule has 0 bridgehead atoms.